The topological polar surface area (TPSA) is 66.8 Å². The minimum absolute atomic E-state index is 0.116. The number of hydrogen-bond acceptors (Lipinski definition) is 4. The number of ether oxygens (including phenoxy) is 1. The van der Waals surface area contributed by atoms with Crippen LogP contribution in [-0.2, 0) is 19.9 Å². The number of aliphatic hydroxyl groups is 1. The smallest absolute Gasteiger partial charge is 0.325 e. The van der Waals surface area contributed by atoms with E-state index in [0.717, 1.165) is 5.56 Å². The molecular weight excluding hydrogens is 246 g/mol. The van der Waals surface area contributed by atoms with E-state index in [0.29, 0.717) is 6.42 Å². The first-order valence-corrected chi connectivity index (χ1v) is 6.18. The van der Waals surface area contributed by atoms with E-state index in [9.17, 15) is 14.7 Å². The molecule has 1 unspecified atom stereocenters. The van der Waals surface area contributed by atoms with Gasteiger partial charge in [0.25, 0.3) is 0 Å². The fourth-order valence-corrected chi connectivity index (χ4v) is 2.30. The predicted octanol–water partition coefficient (Wildman–Crippen LogP) is 0.670. The van der Waals surface area contributed by atoms with Gasteiger partial charge in [-0.3, -0.25) is 9.59 Å². The van der Waals surface area contributed by atoms with E-state index >= 15 is 0 Å². The number of piperidine rings is 1. The maximum Gasteiger partial charge on any atom is 0.325 e. The first-order valence-electron chi connectivity index (χ1n) is 6.18. The normalized spacial score (nSPS) is 23.3. The van der Waals surface area contributed by atoms with Crippen molar-refractivity contribution in [3.05, 3.63) is 35.9 Å². The standard InChI is InChI=1S/C14H17NO4/c1-19-13(17)9-15-10-14(18,8-7-12(15)16)11-5-3-2-4-6-11/h2-6,18H,7-10H2,1H3. The zero-order chi connectivity index (χ0) is 13.9. The summed E-state index contributed by atoms with van der Waals surface area (Å²) in [5, 5.41) is 10.7. The molecule has 1 amide bonds. The Bertz CT molecular complexity index is 474. The minimum Gasteiger partial charge on any atom is -0.468 e. The van der Waals surface area contributed by atoms with Crippen LogP contribution in [0, 0.1) is 0 Å². The molecule has 1 aliphatic rings. The maximum atomic E-state index is 11.8. The number of methoxy groups -OCH3 is 1. The molecule has 1 aliphatic heterocycles. The van der Waals surface area contributed by atoms with Crippen molar-refractivity contribution in [1.29, 1.82) is 0 Å². The minimum atomic E-state index is -1.09. The Kier molecular flexibility index (Phi) is 3.85. The number of hydrogen-bond donors (Lipinski definition) is 1. The van der Waals surface area contributed by atoms with Crippen molar-refractivity contribution < 1.29 is 19.4 Å². The van der Waals surface area contributed by atoms with Gasteiger partial charge < -0.3 is 14.7 Å². The Labute approximate surface area is 111 Å². The van der Waals surface area contributed by atoms with Crippen LogP contribution in [-0.4, -0.2) is 42.1 Å². The second-order valence-electron chi connectivity index (χ2n) is 4.72. The molecule has 1 saturated heterocycles. The van der Waals surface area contributed by atoms with Gasteiger partial charge in [0.2, 0.25) is 5.91 Å². The molecule has 1 aromatic carbocycles. The summed E-state index contributed by atoms with van der Waals surface area (Å²) in [5.74, 6) is -0.614. The molecule has 0 radical (unpaired) electrons. The number of rotatable bonds is 3. The maximum absolute atomic E-state index is 11.8. The summed E-state index contributed by atoms with van der Waals surface area (Å²) in [5.41, 5.74) is -0.333. The van der Waals surface area contributed by atoms with Crippen LogP contribution in [0.4, 0.5) is 0 Å². The van der Waals surface area contributed by atoms with Crippen LogP contribution >= 0.6 is 0 Å². The summed E-state index contributed by atoms with van der Waals surface area (Å²) in [4.78, 5) is 24.4. The molecule has 1 N–H and O–H groups in total. The summed E-state index contributed by atoms with van der Waals surface area (Å²) in [6.07, 6.45) is 0.593. The van der Waals surface area contributed by atoms with Crippen molar-refractivity contribution >= 4 is 11.9 Å². The molecule has 5 nitrogen and oxygen atoms in total. The van der Waals surface area contributed by atoms with E-state index in [4.69, 9.17) is 0 Å². The Morgan fingerprint density at radius 1 is 1.42 bits per heavy atom. The lowest BCUT2D eigenvalue weighted by molar-refractivity contribution is -0.154. The summed E-state index contributed by atoms with van der Waals surface area (Å²) < 4.78 is 4.56. The Morgan fingerprint density at radius 3 is 2.74 bits per heavy atom. The van der Waals surface area contributed by atoms with Crippen molar-refractivity contribution in [3.63, 3.8) is 0 Å². The predicted molar refractivity (Wildman–Crippen MR) is 68.2 cm³/mol. The molecule has 0 saturated carbocycles. The van der Waals surface area contributed by atoms with Crippen LogP contribution in [0.2, 0.25) is 0 Å². The zero-order valence-corrected chi connectivity index (χ0v) is 10.8. The van der Waals surface area contributed by atoms with Gasteiger partial charge in [0.15, 0.2) is 0 Å². The largest absolute Gasteiger partial charge is 0.468 e. The second-order valence-corrected chi connectivity index (χ2v) is 4.72. The van der Waals surface area contributed by atoms with E-state index in [1.165, 1.54) is 12.0 Å². The second kappa shape index (κ2) is 5.40. The molecule has 19 heavy (non-hydrogen) atoms. The molecule has 1 heterocycles. The molecule has 5 heteroatoms. The van der Waals surface area contributed by atoms with Gasteiger partial charge in [-0.25, -0.2) is 0 Å². The average molecular weight is 263 g/mol. The molecule has 1 aromatic rings. The van der Waals surface area contributed by atoms with Crippen LogP contribution < -0.4 is 0 Å². The van der Waals surface area contributed by atoms with E-state index in [-0.39, 0.29) is 25.4 Å². The highest BCUT2D eigenvalue weighted by Crippen LogP contribution is 2.31. The zero-order valence-electron chi connectivity index (χ0n) is 10.8. The molecule has 0 bridgehead atoms. The SMILES string of the molecule is COC(=O)CN1CC(O)(c2ccccc2)CCC1=O. The third kappa shape index (κ3) is 2.93. The van der Waals surface area contributed by atoms with E-state index in [1.54, 1.807) is 0 Å². The number of esters is 1. The number of likely N-dealkylation sites (tertiary alicyclic amines) is 1. The molecule has 2 rings (SSSR count). The van der Waals surface area contributed by atoms with Gasteiger partial charge in [0, 0.05) is 6.42 Å². The highest BCUT2D eigenvalue weighted by Gasteiger charge is 2.38. The quantitative estimate of drug-likeness (QED) is 0.814. The lowest BCUT2D eigenvalue weighted by Crippen LogP contribution is -2.50. The van der Waals surface area contributed by atoms with Gasteiger partial charge in [-0.2, -0.15) is 0 Å². The van der Waals surface area contributed by atoms with E-state index in [2.05, 4.69) is 4.74 Å². The molecule has 1 atom stereocenters. The van der Waals surface area contributed by atoms with Gasteiger partial charge >= 0.3 is 5.97 Å². The lowest BCUT2D eigenvalue weighted by atomic mass is 9.85. The van der Waals surface area contributed by atoms with Crippen LogP contribution in [0.1, 0.15) is 18.4 Å². The number of nitrogens with zero attached hydrogens (tertiary/aromatic N) is 1. The van der Waals surface area contributed by atoms with Crippen LogP contribution in [0.5, 0.6) is 0 Å². The first kappa shape index (κ1) is 13.5. The van der Waals surface area contributed by atoms with E-state index < -0.39 is 11.6 Å². The molecule has 102 valence electrons. The average Bonchev–Trinajstić information content (AvgIpc) is 2.44. The number of β-amino-alcohol motifs (C(OH)–C–C–N with tert-alkyl or cyclic N) is 1. The third-order valence-corrected chi connectivity index (χ3v) is 3.42. The Morgan fingerprint density at radius 2 is 2.11 bits per heavy atom. The van der Waals surface area contributed by atoms with E-state index in [1.807, 2.05) is 30.3 Å². The highest BCUT2D eigenvalue weighted by atomic mass is 16.5. The van der Waals surface area contributed by atoms with Crippen LogP contribution in [0.15, 0.2) is 30.3 Å². The fourth-order valence-electron chi connectivity index (χ4n) is 2.30. The van der Waals surface area contributed by atoms with Crippen molar-refractivity contribution in [3.8, 4) is 0 Å². The van der Waals surface area contributed by atoms with Gasteiger partial charge in [0.1, 0.15) is 12.1 Å². The number of carbonyl (C=O) groups is 2. The Balaban J connectivity index is 2.16. The summed E-state index contributed by atoms with van der Waals surface area (Å²) in [6, 6.07) is 9.20. The number of amides is 1. The van der Waals surface area contributed by atoms with Gasteiger partial charge in [-0.1, -0.05) is 30.3 Å². The van der Waals surface area contributed by atoms with Crippen molar-refractivity contribution in [1.82, 2.24) is 4.90 Å². The molecule has 0 spiro atoms. The third-order valence-electron chi connectivity index (χ3n) is 3.42. The lowest BCUT2D eigenvalue weighted by Gasteiger charge is -2.38. The molecular formula is C14H17NO4. The van der Waals surface area contributed by atoms with Crippen LogP contribution in [0.25, 0.3) is 0 Å². The summed E-state index contributed by atoms with van der Waals surface area (Å²) >= 11 is 0. The van der Waals surface area contributed by atoms with Crippen molar-refractivity contribution in [2.75, 3.05) is 20.2 Å². The van der Waals surface area contributed by atoms with Crippen molar-refractivity contribution in [2.45, 2.75) is 18.4 Å². The summed E-state index contributed by atoms with van der Waals surface area (Å²) in [7, 11) is 1.28. The van der Waals surface area contributed by atoms with Gasteiger partial charge in [-0.05, 0) is 12.0 Å². The van der Waals surface area contributed by atoms with Crippen molar-refractivity contribution in [2.24, 2.45) is 0 Å². The number of carbonyl (C=O) groups excluding carboxylic acids is 2. The van der Waals surface area contributed by atoms with Gasteiger partial charge in [-0.15, -0.1) is 0 Å². The Hall–Kier alpha value is -1.88. The fraction of sp³-hybridized carbons (Fsp3) is 0.429. The highest BCUT2D eigenvalue weighted by molar-refractivity contribution is 5.82. The number of benzene rings is 1. The molecule has 0 aliphatic carbocycles. The monoisotopic (exact) mass is 263 g/mol. The van der Waals surface area contributed by atoms with Gasteiger partial charge in [0.05, 0.1) is 13.7 Å². The summed E-state index contributed by atoms with van der Waals surface area (Å²) in [6.45, 7) is -0.00454. The molecule has 0 aromatic heterocycles. The first-order chi connectivity index (χ1) is 9.05. The van der Waals surface area contributed by atoms with Crippen LogP contribution in [0.3, 0.4) is 0 Å². The molecule has 1 fully saturated rings.